The zero-order chi connectivity index (χ0) is 18.8. The summed E-state index contributed by atoms with van der Waals surface area (Å²) in [6.45, 7) is 9.84. The first-order chi connectivity index (χ1) is 11.6. The van der Waals surface area contributed by atoms with E-state index in [2.05, 4.69) is 9.97 Å². The molecule has 140 valence electrons. The SMILES string of the molecule is CC[C@H](C)N(C(=O)CSc1nc(C)c(C)c(C)n1)[C@@H]1CCS(=O)(=O)C1. The lowest BCUT2D eigenvalue weighted by Crippen LogP contribution is -2.47. The highest BCUT2D eigenvalue weighted by atomic mass is 32.2. The number of sulfone groups is 1. The van der Waals surface area contributed by atoms with Gasteiger partial charge in [0.2, 0.25) is 5.91 Å². The van der Waals surface area contributed by atoms with Crippen LogP contribution in [0.5, 0.6) is 0 Å². The first-order valence-electron chi connectivity index (χ1n) is 8.60. The van der Waals surface area contributed by atoms with Crippen molar-refractivity contribution in [2.24, 2.45) is 0 Å². The Hall–Kier alpha value is -1.15. The summed E-state index contributed by atoms with van der Waals surface area (Å²) in [4.78, 5) is 23.4. The molecule has 0 radical (unpaired) electrons. The maximum absolute atomic E-state index is 12.8. The van der Waals surface area contributed by atoms with Gasteiger partial charge in [0.05, 0.1) is 17.3 Å². The number of aryl methyl sites for hydroxylation is 2. The van der Waals surface area contributed by atoms with Crippen molar-refractivity contribution in [3.63, 3.8) is 0 Å². The van der Waals surface area contributed by atoms with Crippen molar-refractivity contribution in [2.45, 2.75) is 64.7 Å². The van der Waals surface area contributed by atoms with Crippen LogP contribution in [0.3, 0.4) is 0 Å². The van der Waals surface area contributed by atoms with Gasteiger partial charge in [0, 0.05) is 23.5 Å². The Morgan fingerprint density at radius 3 is 2.36 bits per heavy atom. The smallest absolute Gasteiger partial charge is 0.233 e. The molecule has 1 aromatic heterocycles. The average Bonchev–Trinajstić information content (AvgIpc) is 2.90. The standard InChI is InChI=1S/C17H27N3O3S2/c1-6-11(2)20(15-7-8-25(22,23)10-15)16(21)9-24-17-18-13(4)12(3)14(5)19-17/h11,15H,6-10H2,1-5H3/t11-,15+/m0/s1. The number of amides is 1. The molecule has 8 heteroatoms. The molecule has 0 unspecified atom stereocenters. The zero-order valence-corrected chi connectivity index (χ0v) is 17.2. The molecule has 2 heterocycles. The topological polar surface area (TPSA) is 80.2 Å². The summed E-state index contributed by atoms with van der Waals surface area (Å²) in [7, 11) is -3.02. The summed E-state index contributed by atoms with van der Waals surface area (Å²) in [6, 6.07) is -0.190. The van der Waals surface area contributed by atoms with Crippen LogP contribution in [0.4, 0.5) is 0 Å². The van der Waals surface area contributed by atoms with Crippen molar-refractivity contribution >= 4 is 27.5 Å². The number of carbonyl (C=O) groups is 1. The van der Waals surface area contributed by atoms with Gasteiger partial charge < -0.3 is 4.90 Å². The van der Waals surface area contributed by atoms with E-state index in [1.807, 2.05) is 34.6 Å². The number of rotatable bonds is 6. The van der Waals surface area contributed by atoms with Crippen LogP contribution in [0.2, 0.25) is 0 Å². The molecule has 1 aromatic rings. The lowest BCUT2D eigenvalue weighted by molar-refractivity contribution is -0.132. The third-order valence-corrected chi connectivity index (χ3v) is 7.47. The average molecular weight is 386 g/mol. The summed E-state index contributed by atoms with van der Waals surface area (Å²) >= 11 is 1.32. The molecule has 0 spiro atoms. The molecule has 1 aliphatic heterocycles. The van der Waals surface area contributed by atoms with Crippen molar-refractivity contribution in [1.82, 2.24) is 14.9 Å². The van der Waals surface area contributed by atoms with Crippen LogP contribution in [0, 0.1) is 20.8 Å². The van der Waals surface area contributed by atoms with E-state index in [0.29, 0.717) is 11.6 Å². The number of aromatic nitrogens is 2. The van der Waals surface area contributed by atoms with E-state index in [4.69, 9.17) is 0 Å². The number of hydrogen-bond donors (Lipinski definition) is 0. The van der Waals surface area contributed by atoms with Crippen LogP contribution in [0.1, 0.15) is 43.6 Å². The summed E-state index contributed by atoms with van der Waals surface area (Å²) < 4.78 is 23.6. The molecule has 0 aliphatic carbocycles. The Balaban J connectivity index is 2.10. The Labute approximate surface area is 154 Å². The van der Waals surface area contributed by atoms with Gasteiger partial charge in [-0.05, 0) is 46.1 Å². The van der Waals surface area contributed by atoms with Crippen LogP contribution >= 0.6 is 11.8 Å². The maximum atomic E-state index is 12.8. The maximum Gasteiger partial charge on any atom is 0.233 e. The third kappa shape index (κ3) is 4.94. The second kappa shape index (κ2) is 8.03. The van der Waals surface area contributed by atoms with E-state index < -0.39 is 9.84 Å². The van der Waals surface area contributed by atoms with E-state index >= 15 is 0 Å². The van der Waals surface area contributed by atoms with Gasteiger partial charge >= 0.3 is 0 Å². The summed E-state index contributed by atoms with van der Waals surface area (Å²) in [5.74, 6) is 0.432. The Kier molecular flexibility index (Phi) is 6.48. The van der Waals surface area contributed by atoms with Crippen molar-refractivity contribution < 1.29 is 13.2 Å². The molecule has 0 bridgehead atoms. The second-order valence-corrected chi connectivity index (χ2v) is 9.88. The number of carbonyl (C=O) groups excluding carboxylic acids is 1. The van der Waals surface area contributed by atoms with Gasteiger partial charge in [-0.15, -0.1) is 0 Å². The molecule has 2 rings (SSSR count). The Morgan fingerprint density at radius 2 is 1.88 bits per heavy atom. The minimum atomic E-state index is -3.02. The van der Waals surface area contributed by atoms with Gasteiger partial charge in [0.1, 0.15) is 0 Å². The van der Waals surface area contributed by atoms with Gasteiger partial charge in [-0.1, -0.05) is 18.7 Å². The van der Waals surface area contributed by atoms with Gasteiger partial charge in [0.25, 0.3) is 0 Å². The molecule has 0 aromatic carbocycles. The lowest BCUT2D eigenvalue weighted by atomic mass is 10.1. The zero-order valence-electron chi connectivity index (χ0n) is 15.6. The van der Waals surface area contributed by atoms with Gasteiger partial charge in [-0.25, -0.2) is 18.4 Å². The monoisotopic (exact) mass is 385 g/mol. The van der Waals surface area contributed by atoms with Crippen LogP contribution < -0.4 is 0 Å². The number of hydrogen-bond acceptors (Lipinski definition) is 6. The van der Waals surface area contributed by atoms with Crippen LogP contribution in [-0.4, -0.2) is 58.5 Å². The molecule has 25 heavy (non-hydrogen) atoms. The number of thioether (sulfide) groups is 1. The number of nitrogens with zero attached hydrogens (tertiary/aromatic N) is 3. The first-order valence-corrected chi connectivity index (χ1v) is 11.4. The molecule has 0 N–H and O–H groups in total. The normalized spacial score (nSPS) is 20.4. The second-order valence-electron chi connectivity index (χ2n) is 6.71. The van der Waals surface area contributed by atoms with E-state index in [9.17, 15) is 13.2 Å². The van der Waals surface area contributed by atoms with Crippen molar-refractivity contribution in [3.05, 3.63) is 17.0 Å². The summed E-state index contributed by atoms with van der Waals surface area (Å²) in [5, 5.41) is 0.595. The van der Waals surface area contributed by atoms with E-state index in [0.717, 1.165) is 23.4 Å². The van der Waals surface area contributed by atoms with E-state index in [1.54, 1.807) is 4.90 Å². The minimum Gasteiger partial charge on any atom is -0.335 e. The fourth-order valence-electron chi connectivity index (χ4n) is 3.01. The highest BCUT2D eigenvalue weighted by Crippen LogP contribution is 2.24. The first kappa shape index (κ1) is 20.2. The van der Waals surface area contributed by atoms with Crippen molar-refractivity contribution in [3.8, 4) is 0 Å². The Bertz CT molecular complexity index is 727. The molecular formula is C17H27N3O3S2. The Morgan fingerprint density at radius 1 is 1.28 bits per heavy atom. The molecule has 1 amide bonds. The highest BCUT2D eigenvalue weighted by molar-refractivity contribution is 7.99. The van der Waals surface area contributed by atoms with Crippen LogP contribution in [0.15, 0.2) is 5.16 Å². The quantitative estimate of drug-likeness (QED) is 0.552. The van der Waals surface area contributed by atoms with Gasteiger partial charge in [0.15, 0.2) is 15.0 Å². The predicted molar refractivity (Wildman–Crippen MR) is 101 cm³/mol. The largest absolute Gasteiger partial charge is 0.335 e. The molecule has 0 saturated carbocycles. The van der Waals surface area contributed by atoms with Gasteiger partial charge in [-0.2, -0.15) is 0 Å². The molecule has 2 atom stereocenters. The molecular weight excluding hydrogens is 358 g/mol. The van der Waals surface area contributed by atoms with E-state index in [-0.39, 0.29) is 35.2 Å². The fraction of sp³-hybridized carbons (Fsp3) is 0.706. The van der Waals surface area contributed by atoms with Crippen molar-refractivity contribution in [2.75, 3.05) is 17.3 Å². The molecule has 1 fully saturated rings. The lowest BCUT2D eigenvalue weighted by Gasteiger charge is -2.33. The fourth-order valence-corrected chi connectivity index (χ4v) is 5.52. The summed E-state index contributed by atoms with van der Waals surface area (Å²) in [5.41, 5.74) is 2.90. The predicted octanol–water partition coefficient (Wildman–Crippen LogP) is 2.31. The molecule has 1 saturated heterocycles. The van der Waals surface area contributed by atoms with Gasteiger partial charge in [-0.3, -0.25) is 4.79 Å². The highest BCUT2D eigenvalue weighted by Gasteiger charge is 2.36. The van der Waals surface area contributed by atoms with Crippen LogP contribution in [0.25, 0.3) is 0 Å². The van der Waals surface area contributed by atoms with E-state index in [1.165, 1.54) is 11.8 Å². The van der Waals surface area contributed by atoms with Crippen molar-refractivity contribution in [1.29, 1.82) is 0 Å². The molecule has 6 nitrogen and oxygen atoms in total. The van der Waals surface area contributed by atoms with Crippen LogP contribution in [-0.2, 0) is 14.6 Å². The summed E-state index contributed by atoms with van der Waals surface area (Å²) in [6.07, 6.45) is 1.33. The third-order valence-electron chi connectivity index (χ3n) is 4.89. The molecule has 1 aliphatic rings. The minimum absolute atomic E-state index is 0.0220.